The third-order valence-corrected chi connectivity index (χ3v) is 5.32. The van der Waals surface area contributed by atoms with Gasteiger partial charge in [0.1, 0.15) is 5.69 Å². The second-order valence-electron chi connectivity index (χ2n) is 7.03. The van der Waals surface area contributed by atoms with E-state index in [9.17, 15) is 4.79 Å². The van der Waals surface area contributed by atoms with Crippen LogP contribution in [0.25, 0.3) is 22.4 Å². The van der Waals surface area contributed by atoms with E-state index in [0.717, 1.165) is 36.9 Å². The molecule has 1 saturated heterocycles. The zero-order valence-corrected chi connectivity index (χ0v) is 15.6. The Balaban J connectivity index is 1.53. The van der Waals surface area contributed by atoms with Gasteiger partial charge in [-0.1, -0.05) is 66.7 Å². The Labute approximate surface area is 159 Å². The summed E-state index contributed by atoms with van der Waals surface area (Å²) in [5.41, 5.74) is 4.01. The highest BCUT2D eigenvalue weighted by Crippen LogP contribution is 2.24. The fraction of sp³-hybridized carbons (Fsp3) is 0.318. The number of aromatic nitrogens is 3. The van der Waals surface area contributed by atoms with Gasteiger partial charge in [-0.25, -0.2) is 4.79 Å². The van der Waals surface area contributed by atoms with Crippen molar-refractivity contribution in [3.8, 4) is 22.4 Å². The van der Waals surface area contributed by atoms with Crippen molar-refractivity contribution >= 4 is 6.03 Å². The molecule has 4 rings (SSSR count). The molecule has 27 heavy (non-hydrogen) atoms. The lowest BCUT2D eigenvalue weighted by molar-refractivity contribution is 0.147. The molecule has 3 aromatic rings. The van der Waals surface area contributed by atoms with Crippen molar-refractivity contribution in [1.29, 1.82) is 0 Å². The maximum Gasteiger partial charge on any atom is 0.346 e. The summed E-state index contributed by atoms with van der Waals surface area (Å²) in [6.07, 6.45) is 6.05. The van der Waals surface area contributed by atoms with Crippen LogP contribution in [0.4, 0.5) is 4.79 Å². The van der Waals surface area contributed by atoms with Gasteiger partial charge in [-0.2, -0.15) is 4.68 Å². The van der Waals surface area contributed by atoms with Gasteiger partial charge in [0.25, 0.3) is 0 Å². The number of rotatable bonds is 3. The highest BCUT2D eigenvalue weighted by Gasteiger charge is 2.27. The molecule has 1 aliphatic heterocycles. The van der Waals surface area contributed by atoms with Gasteiger partial charge in [0.05, 0.1) is 6.20 Å². The molecular weight excluding hydrogens is 336 g/mol. The Morgan fingerprint density at radius 2 is 1.70 bits per heavy atom. The first-order chi connectivity index (χ1) is 13.3. The summed E-state index contributed by atoms with van der Waals surface area (Å²) in [4.78, 5) is 14.8. The molecule has 0 spiro atoms. The third kappa shape index (κ3) is 3.63. The average molecular weight is 360 g/mol. The van der Waals surface area contributed by atoms with Gasteiger partial charge in [0.15, 0.2) is 0 Å². The molecule has 0 radical (unpaired) electrons. The fourth-order valence-corrected chi connectivity index (χ4v) is 3.76. The first-order valence-electron chi connectivity index (χ1n) is 9.65. The van der Waals surface area contributed by atoms with Crippen LogP contribution in [-0.2, 0) is 0 Å². The van der Waals surface area contributed by atoms with Crippen molar-refractivity contribution in [3.63, 3.8) is 0 Å². The number of nitrogens with zero attached hydrogens (tertiary/aromatic N) is 4. The third-order valence-electron chi connectivity index (χ3n) is 5.32. The van der Waals surface area contributed by atoms with Gasteiger partial charge < -0.3 is 4.90 Å². The molecule has 1 unspecified atom stereocenters. The van der Waals surface area contributed by atoms with Crippen LogP contribution in [-0.4, -0.2) is 38.5 Å². The van der Waals surface area contributed by atoms with Crippen LogP contribution in [0.5, 0.6) is 0 Å². The minimum absolute atomic E-state index is 0.0683. The van der Waals surface area contributed by atoms with Gasteiger partial charge >= 0.3 is 6.03 Å². The molecular formula is C22H24N4O. The van der Waals surface area contributed by atoms with Crippen LogP contribution in [0.3, 0.4) is 0 Å². The minimum atomic E-state index is -0.0683. The zero-order chi connectivity index (χ0) is 18.6. The molecule has 0 saturated carbocycles. The summed E-state index contributed by atoms with van der Waals surface area (Å²) in [6, 6.07) is 18.7. The molecule has 1 fully saturated rings. The molecule has 5 heteroatoms. The van der Waals surface area contributed by atoms with Crippen molar-refractivity contribution in [2.24, 2.45) is 0 Å². The second kappa shape index (κ2) is 7.74. The van der Waals surface area contributed by atoms with Crippen LogP contribution < -0.4 is 0 Å². The predicted molar refractivity (Wildman–Crippen MR) is 106 cm³/mol. The van der Waals surface area contributed by atoms with Crippen LogP contribution in [0.2, 0.25) is 0 Å². The summed E-state index contributed by atoms with van der Waals surface area (Å²) in [7, 11) is 0. The Morgan fingerprint density at radius 3 is 2.44 bits per heavy atom. The van der Waals surface area contributed by atoms with E-state index < -0.39 is 0 Å². The first kappa shape index (κ1) is 17.5. The summed E-state index contributed by atoms with van der Waals surface area (Å²) in [6.45, 7) is 2.94. The van der Waals surface area contributed by atoms with E-state index >= 15 is 0 Å². The minimum Gasteiger partial charge on any atom is -0.320 e. The fourth-order valence-electron chi connectivity index (χ4n) is 3.76. The SMILES string of the molecule is CCC1CCCCN1C(=O)n1cc(-c2ccc(-c3ccccc3)cc2)nn1. The average Bonchev–Trinajstić information content (AvgIpc) is 3.24. The number of hydrogen-bond acceptors (Lipinski definition) is 3. The van der Waals surface area contributed by atoms with E-state index in [4.69, 9.17) is 0 Å². The summed E-state index contributed by atoms with van der Waals surface area (Å²) >= 11 is 0. The van der Waals surface area contributed by atoms with E-state index in [1.54, 1.807) is 6.20 Å². The van der Waals surface area contributed by atoms with Gasteiger partial charge in [-0.3, -0.25) is 0 Å². The van der Waals surface area contributed by atoms with Gasteiger partial charge in [-0.05, 0) is 36.8 Å². The first-order valence-corrected chi connectivity index (χ1v) is 9.65. The molecule has 0 aliphatic carbocycles. The van der Waals surface area contributed by atoms with Crippen molar-refractivity contribution in [2.45, 2.75) is 38.6 Å². The van der Waals surface area contributed by atoms with Gasteiger partial charge in [0.2, 0.25) is 0 Å². The number of carbonyl (C=O) groups is 1. The van der Waals surface area contributed by atoms with Crippen LogP contribution in [0.1, 0.15) is 32.6 Å². The Hall–Kier alpha value is -2.95. The predicted octanol–water partition coefficient (Wildman–Crippen LogP) is 4.84. The number of carbonyl (C=O) groups excluding carboxylic acids is 1. The van der Waals surface area contributed by atoms with E-state index in [1.165, 1.54) is 16.7 Å². The Morgan fingerprint density at radius 1 is 1.00 bits per heavy atom. The zero-order valence-electron chi connectivity index (χ0n) is 15.6. The number of hydrogen-bond donors (Lipinski definition) is 0. The molecule has 1 aliphatic rings. The highest BCUT2D eigenvalue weighted by atomic mass is 16.2. The Kier molecular flexibility index (Phi) is 5.01. The van der Waals surface area contributed by atoms with Crippen molar-refractivity contribution in [2.75, 3.05) is 6.54 Å². The van der Waals surface area contributed by atoms with Crippen molar-refractivity contribution in [1.82, 2.24) is 19.9 Å². The molecule has 5 nitrogen and oxygen atoms in total. The van der Waals surface area contributed by atoms with Crippen molar-refractivity contribution < 1.29 is 4.79 Å². The van der Waals surface area contributed by atoms with Gasteiger partial charge in [-0.15, -0.1) is 5.10 Å². The topological polar surface area (TPSA) is 51.0 Å². The molecule has 2 aromatic carbocycles. The van der Waals surface area contributed by atoms with E-state index in [-0.39, 0.29) is 6.03 Å². The number of amides is 1. The lowest BCUT2D eigenvalue weighted by atomic mass is 10.0. The van der Waals surface area contributed by atoms with Crippen LogP contribution in [0, 0.1) is 0 Å². The summed E-state index contributed by atoms with van der Waals surface area (Å²) in [5, 5.41) is 8.31. The standard InChI is InChI=1S/C22H24N4O/c1-2-20-10-6-7-15-25(20)22(27)26-16-21(23-24-26)19-13-11-18(12-14-19)17-8-4-3-5-9-17/h3-5,8-9,11-14,16,20H,2,6-7,10,15H2,1H3. The monoisotopic (exact) mass is 360 g/mol. The molecule has 2 heterocycles. The number of benzene rings is 2. The molecule has 138 valence electrons. The van der Waals surface area contributed by atoms with E-state index in [1.807, 2.05) is 35.2 Å². The molecule has 1 atom stereocenters. The van der Waals surface area contributed by atoms with Gasteiger partial charge in [0, 0.05) is 18.2 Å². The second-order valence-corrected chi connectivity index (χ2v) is 7.03. The lowest BCUT2D eigenvalue weighted by Crippen LogP contribution is -2.45. The molecule has 1 amide bonds. The number of likely N-dealkylation sites (tertiary alicyclic amines) is 1. The molecule has 0 N–H and O–H groups in total. The number of piperidine rings is 1. The highest BCUT2D eigenvalue weighted by molar-refractivity contribution is 5.77. The normalized spacial score (nSPS) is 17.1. The van der Waals surface area contributed by atoms with Crippen molar-refractivity contribution in [3.05, 3.63) is 60.8 Å². The quantitative estimate of drug-likeness (QED) is 0.671. The Bertz CT molecular complexity index is 902. The maximum absolute atomic E-state index is 12.8. The molecule has 1 aromatic heterocycles. The van der Waals surface area contributed by atoms with E-state index in [0.29, 0.717) is 11.7 Å². The largest absolute Gasteiger partial charge is 0.346 e. The van der Waals surface area contributed by atoms with Crippen LogP contribution >= 0.6 is 0 Å². The maximum atomic E-state index is 12.8. The summed E-state index contributed by atoms with van der Waals surface area (Å²) in [5.74, 6) is 0. The van der Waals surface area contributed by atoms with Crippen LogP contribution in [0.15, 0.2) is 60.8 Å². The lowest BCUT2D eigenvalue weighted by Gasteiger charge is -2.34. The van der Waals surface area contributed by atoms with E-state index in [2.05, 4.69) is 41.5 Å². The molecule has 0 bridgehead atoms. The summed E-state index contributed by atoms with van der Waals surface area (Å²) < 4.78 is 1.38. The smallest absolute Gasteiger partial charge is 0.320 e.